The lowest BCUT2D eigenvalue weighted by Gasteiger charge is -2.30. The van der Waals surface area contributed by atoms with Gasteiger partial charge in [0.2, 0.25) is 0 Å². The fourth-order valence-electron chi connectivity index (χ4n) is 2.55. The highest BCUT2D eigenvalue weighted by Crippen LogP contribution is 2.34. The Bertz CT molecular complexity index is 651. The summed E-state index contributed by atoms with van der Waals surface area (Å²) in [4.78, 5) is 12.1. The van der Waals surface area contributed by atoms with Crippen molar-refractivity contribution < 1.29 is 4.79 Å². The van der Waals surface area contributed by atoms with E-state index in [1.807, 2.05) is 6.07 Å². The lowest BCUT2D eigenvalue weighted by atomic mass is 9.77. The largest absolute Gasteiger partial charge is 0.351 e. The molecule has 1 aliphatic rings. The van der Waals surface area contributed by atoms with E-state index in [1.54, 1.807) is 18.2 Å². The van der Waals surface area contributed by atoms with Crippen LogP contribution in [0, 0.1) is 0 Å². The predicted molar refractivity (Wildman–Crippen MR) is 84.4 cm³/mol. The second kappa shape index (κ2) is 5.58. The number of fused-ring (bicyclic) bond motifs is 1. The number of rotatable bonds is 3. The van der Waals surface area contributed by atoms with E-state index in [0.29, 0.717) is 23.0 Å². The van der Waals surface area contributed by atoms with Gasteiger partial charge in [0.25, 0.3) is 5.91 Å². The first-order chi connectivity index (χ1) is 9.63. The first-order valence-corrected chi connectivity index (χ1v) is 7.62. The van der Waals surface area contributed by atoms with Crippen LogP contribution in [0.4, 0.5) is 0 Å². The molecule has 0 aliphatic heterocycles. The first-order valence-electron chi connectivity index (χ1n) is 6.45. The van der Waals surface area contributed by atoms with Crippen LogP contribution >= 0.6 is 27.5 Å². The van der Waals surface area contributed by atoms with E-state index < -0.39 is 0 Å². The molecule has 0 saturated heterocycles. The molecule has 2 nitrogen and oxygen atoms in total. The standard InChI is InChI=1S/C16H13BrClNO/c17-13-6-11(7-14(18)8-13)16(20)19-9-12-5-10-3-1-2-4-15(10)12/h1-4,6-8,12H,5,9H2,(H,19,20). The van der Waals surface area contributed by atoms with Gasteiger partial charge >= 0.3 is 0 Å². The molecule has 0 heterocycles. The lowest BCUT2D eigenvalue weighted by Crippen LogP contribution is -2.33. The molecule has 1 unspecified atom stereocenters. The van der Waals surface area contributed by atoms with Gasteiger partial charge in [-0.1, -0.05) is 51.8 Å². The maximum Gasteiger partial charge on any atom is 0.251 e. The van der Waals surface area contributed by atoms with Crippen molar-refractivity contribution in [2.75, 3.05) is 6.54 Å². The minimum atomic E-state index is -0.0856. The smallest absolute Gasteiger partial charge is 0.251 e. The molecule has 0 bridgehead atoms. The molecule has 1 aliphatic carbocycles. The van der Waals surface area contributed by atoms with E-state index in [2.05, 4.69) is 39.4 Å². The van der Waals surface area contributed by atoms with Gasteiger partial charge < -0.3 is 5.32 Å². The number of benzene rings is 2. The topological polar surface area (TPSA) is 29.1 Å². The summed E-state index contributed by atoms with van der Waals surface area (Å²) in [5.74, 6) is 0.343. The Hall–Kier alpha value is -1.32. The van der Waals surface area contributed by atoms with E-state index in [9.17, 15) is 4.79 Å². The molecule has 0 fully saturated rings. The molecule has 4 heteroatoms. The van der Waals surface area contributed by atoms with E-state index >= 15 is 0 Å². The van der Waals surface area contributed by atoms with Gasteiger partial charge in [0.1, 0.15) is 0 Å². The Kier molecular flexibility index (Phi) is 3.81. The van der Waals surface area contributed by atoms with Crippen LogP contribution in [-0.2, 0) is 6.42 Å². The highest BCUT2D eigenvalue weighted by molar-refractivity contribution is 9.10. The number of carbonyl (C=O) groups is 1. The lowest BCUT2D eigenvalue weighted by molar-refractivity contribution is 0.0950. The summed E-state index contributed by atoms with van der Waals surface area (Å²) in [6.07, 6.45) is 1.04. The van der Waals surface area contributed by atoms with Crippen molar-refractivity contribution in [2.24, 2.45) is 0 Å². The third-order valence-corrected chi connectivity index (χ3v) is 4.27. The van der Waals surface area contributed by atoms with Crippen molar-refractivity contribution in [1.29, 1.82) is 0 Å². The Morgan fingerprint density at radius 3 is 2.85 bits per heavy atom. The Balaban J connectivity index is 1.64. The monoisotopic (exact) mass is 349 g/mol. The molecule has 0 saturated carbocycles. The summed E-state index contributed by atoms with van der Waals surface area (Å²) >= 11 is 9.30. The van der Waals surface area contributed by atoms with Crippen LogP contribution in [0.3, 0.4) is 0 Å². The summed E-state index contributed by atoms with van der Waals surface area (Å²) in [7, 11) is 0. The molecule has 0 spiro atoms. The van der Waals surface area contributed by atoms with Crippen molar-refractivity contribution in [1.82, 2.24) is 5.32 Å². The van der Waals surface area contributed by atoms with Crippen molar-refractivity contribution in [3.8, 4) is 0 Å². The zero-order chi connectivity index (χ0) is 14.1. The Morgan fingerprint density at radius 2 is 2.10 bits per heavy atom. The van der Waals surface area contributed by atoms with Gasteiger partial charge in [-0.3, -0.25) is 4.79 Å². The van der Waals surface area contributed by atoms with Gasteiger partial charge in [-0.15, -0.1) is 0 Å². The maximum absolute atomic E-state index is 12.1. The third-order valence-electron chi connectivity index (χ3n) is 3.59. The second-order valence-electron chi connectivity index (χ2n) is 4.97. The van der Waals surface area contributed by atoms with E-state index in [4.69, 9.17) is 11.6 Å². The van der Waals surface area contributed by atoms with Crippen LogP contribution in [0.1, 0.15) is 27.4 Å². The van der Waals surface area contributed by atoms with Gasteiger partial charge in [-0.25, -0.2) is 0 Å². The fourth-order valence-corrected chi connectivity index (χ4v) is 3.41. The maximum atomic E-state index is 12.1. The van der Waals surface area contributed by atoms with E-state index in [-0.39, 0.29) is 5.91 Å². The van der Waals surface area contributed by atoms with Crippen LogP contribution in [0.25, 0.3) is 0 Å². The van der Waals surface area contributed by atoms with Gasteiger partial charge in [0.15, 0.2) is 0 Å². The molecule has 3 rings (SSSR count). The number of nitrogens with one attached hydrogen (secondary N) is 1. The molecule has 1 atom stereocenters. The molecular weight excluding hydrogens is 338 g/mol. The van der Waals surface area contributed by atoms with Crippen molar-refractivity contribution in [3.63, 3.8) is 0 Å². The normalized spacial score (nSPS) is 16.2. The Labute approximate surface area is 131 Å². The number of carbonyl (C=O) groups excluding carboxylic acids is 1. The van der Waals surface area contributed by atoms with Crippen molar-refractivity contribution >= 4 is 33.4 Å². The zero-order valence-corrected chi connectivity index (χ0v) is 13.0. The van der Waals surface area contributed by atoms with E-state index in [1.165, 1.54) is 11.1 Å². The average molecular weight is 351 g/mol. The SMILES string of the molecule is O=C(NCC1Cc2ccccc21)c1cc(Cl)cc(Br)c1. The minimum absolute atomic E-state index is 0.0856. The molecule has 20 heavy (non-hydrogen) atoms. The molecule has 1 amide bonds. The van der Waals surface area contributed by atoms with Crippen LogP contribution in [0.5, 0.6) is 0 Å². The fraction of sp³-hybridized carbons (Fsp3) is 0.188. The van der Waals surface area contributed by atoms with Crippen molar-refractivity contribution in [3.05, 3.63) is 68.7 Å². The van der Waals surface area contributed by atoms with Crippen LogP contribution in [0.2, 0.25) is 5.02 Å². The number of halogens is 2. The summed E-state index contributed by atoms with van der Waals surface area (Å²) in [5.41, 5.74) is 3.31. The van der Waals surface area contributed by atoms with E-state index in [0.717, 1.165) is 10.9 Å². The zero-order valence-electron chi connectivity index (χ0n) is 10.7. The summed E-state index contributed by atoms with van der Waals surface area (Å²) < 4.78 is 0.809. The Morgan fingerprint density at radius 1 is 1.30 bits per heavy atom. The number of hydrogen-bond donors (Lipinski definition) is 1. The van der Waals surface area contributed by atoms with Gasteiger partial charge in [0.05, 0.1) is 0 Å². The third kappa shape index (κ3) is 2.74. The van der Waals surface area contributed by atoms with Gasteiger partial charge in [-0.05, 0) is 35.7 Å². The number of amides is 1. The van der Waals surface area contributed by atoms with Crippen LogP contribution in [-0.4, -0.2) is 12.5 Å². The molecule has 2 aromatic rings. The summed E-state index contributed by atoms with van der Waals surface area (Å²) in [6, 6.07) is 13.6. The number of hydrogen-bond acceptors (Lipinski definition) is 1. The summed E-state index contributed by atoms with van der Waals surface area (Å²) in [5, 5.41) is 3.53. The molecule has 102 valence electrons. The van der Waals surface area contributed by atoms with Crippen LogP contribution in [0.15, 0.2) is 46.9 Å². The molecule has 1 N–H and O–H groups in total. The summed E-state index contributed by atoms with van der Waals surface area (Å²) in [6.45, 7) is 0.667. The molecule has 0 radical (unpaired) electrons. The molecule has 2 aromatic carbocycles. The first kappa shape index (κ1) is 13.7. The second-order valence-corrected chi connectivity index (χ2v) is 6.32. The highest BCUT2D eigenvalue weighted by atomic mass is 79.9. The molecular formula is C16H13BrClNO. The predicted octanol–water partition coefficient (Wildman–Crippen LogP) is 4.17. The quantitative estimate of drug-likeness (QED) is 0.884. The van der Waals surface area contributed by atoms with Crippen LogP contribution < -0.4 is 5.32 Å². The van der Waals surface area contributed by atoms with Gasteiger partial charge in [0, 0.05) is 27.5 Å². The minimum Gasteiger partial charge on any atom is -0.351 e. The molecule has 0 aromatic heterocycles. The average Bonchev–Trinajstić information content (AvgIpc) is 2.38. The highest BCUT2D eigenvalue weighted by Gasteiger charge is 2.25. The van der Waals surface area contributed by atoms with Gasteiger partial charge in [-0.2, -0.15) is 0 Å². The van der Waals surface area contributed by atoms with Crippen molar-refractivity contribution in [2.45, 2.75) is 12.3 Å².